The van der Waals surface area contributed by atoms with Gasteiger partial charge in [0.25, 0.3) is 5.97 Å². The number of allylic oxidation sites excluding steroid dienone is 4. The van der Waals surface area contributed by atoms with E-state index in [0.717, 1.165) is 44.9 Å². The van der Waals surface area contributed by atoms with Gasteiger partial charge in [-0.05, 0) is 37.0 Å². The maximum Gasteiger partial charge on any atom is 2.00 e. The van der Waals surface area contributed by atoms with Crippen LogP contribution in [0.25, 0.3) is 0 Å². The topological polar surface area (TPSA) is 52.6 Å². The van der Waals surface area contributed by atoms with Crippen molar-refractivity contribution in [3.05, 3.63) is 96.6 Å². The van der Waals surface area contributed by atoms with Gasteiger partial charge < -0.3 is 14.3 Å². The molecule has 0 aliphatic heterocycles. The number of hydrogen-bond donors (Lipinski definition) is 0. The van der Waals surface area contributed by atoms with Gasteiger partial charge in [0.15, 0.2) is 0 Å². The summed E-state index contributed by atoms with van der Waals surface area (Å²) in [6.45, 7) is 3.83. The first kappa shape index (κ1) is 27.3. The number of carbonyl (C=O) groups excluding carboxylic acids is 2. The Morgan fingerprint density at radius 1 is 1.06 bits per heavy atom. The fraction of sp³-hybridized carbons (Fsp3) is 0.296. The molecule has 0 amide bonds. The molecular weight excluding hydrogens is 444 g/mol. The number of unbranched alkanes of at least 4 members (excludes halogenated alkanes) is 4. The third-order valence-corrected chi connectivity index (χ3v) is 4.64. The Morgan fingerprint density at radius 3 is 2.41 bits per heavy atom. The Hall–Kier alpha value is -2.75. The maximum absolute atomic E-state index is 11.9. The number of carbonyl (C=O) groups is 2. The third-order valence-electron chi connectivity index (χ3n) is 4.64. The van der Waals surface area contributed by atoms with Crippen molar-refractivity contribution in [3.63, 3.8) is 0 Å². The van der Waals surface area contributed by atoms with Crippen LogP contribution in [0.1, 0.15) is 54.4 Å². The van der Waals surface area contributed by atoms with Gasteiger partial charge in [-0.25, -0.2) is 16.9 Å². The Kier molecular flexibility index (Phi) is 14.4. The van der Waals surface area contributed by atoms with Crippen LogP contribution in [0.3, 0.4) is 0 Å². The number of aryl methyl sites for hydroxylation is 1. The van der Waals surface area contributed by atoms with Gasteiger partial charge in [-0.2, -0.15) is 24.3 Å². The van der Waals surface area contributed by atoms with Gasteiger partial charge in [0, 0.05) is 6.08 Å². The molecule has 0 saturated heterocycles. The second kappa shape index (κ2) is 16.9. The normalized spacial score (nSPS) is 11.1. The van der Waals surface area contributed by atoms with Crippen molar-refractivity contribution in [1.29, 1.82) is 0 Å². The van der Waals surface area contributed by atoms with Crippen LogP contribution in [-0.4, -0.2) is 18.5 Å². The third kappa shape index (κ3) is 11.6. The number of rotatable bonds is 11. The van der Waals surface area contributed by atoms with Crippen LogP contribution < -0.4 is 4.74 Å². The average molecular weight is 474 g/mol. The predicted molar refractivity (Wildman–Crippen MR) is 123 cm³/mol. The van der Waals surface area contributed by atoms with E-state index in [1.165, 1.54) is 11.6 Å². The molecule has 0 aromatic heterocycles. The zero-order chi connectivity index (χ0) is 22.2. The van der Waals surface area contributed by atoms with E-state index < -0.39 is 0 Å². The Labute approximate surface area is 201 Å². The molecule has 2 aromatic carbocycles. The zero-order valence-corrected chi connectivity index (χ0v) is 19.4. The number of benzene rings is 1. The molecular formula is C27H30FeO4. The fourth-order valence-electron chi connectivity index (χ4n) is 2.93. The largest absolute Gasteiger partial charge is 2.00 e. The van der Waals surface area contributed by atoms with Crippen LogP contribution in [-0.2, 0) is 33.0 Å². The Bertz CT molecular complexity index is 838. The van der Waals surface area contributed by atoms with E-state index in [4.69, 9.17) is 9.47 Å². The summed E-state index contributed by atoms with van der Waals surface area (Å²) in [6.07, 6.45) is 17.5. The summed E-state index contributed by atoms with van der Waals surface area (Å²) in [5.74, 6) is -0.121. The maximum atomic E-state index is 11.9. The number of hydrogen-bond acceptors (Lipinski definition) is 4. The van der Waals surface area contributed by atoms with Gasteiger partial charge in [0.05, 0.1) is 6.61 Å². The van der Waals surface area contributed by atoms with Crippen molar-refractivity contribution in [3.8, 4) is 5.75 Å². The fourth-order valence-corrected chi connectivity index (χ4v) is 2.93. The molecule has 1 aliphatic carbocycles. The molecule has 0 bridgehead atoms. The van der Waals surface area contributed by atoms with Crippen LogP contribution in [0, 0.1) is 6.08 Å². The summed E-state index contributed by atoms with van der Waals surface area (Å²) >= 11 is 0. The standard InChI is InChI=1S/C22H25O4.C5H5.Fe/c1-2-21(23)25-17-9-5-3-4-6-10-18-13-15-20(16-14-18)26-22(24)19-11-7-8-12-19;1-2-4-5-3-1;/h2,7-8,11-16H,1,3-6,9-10,17H2;1-2,5H,3H2;/q2*-1;+2. The second-order valence-electron chi connectivity index (χ2n) is 7.11. The molecule has 1 aliphatic rings. The smallest absolute Gasteiger partial charge is 0.467 e. The van der Waals surface area contributed by atoms with E-state index in [0.29, 0.717) is 17.9 Å². The van der Waals surface area contributed by atoms with Crippen molar-refractivity contribution < 1.29 is 36.1 Å². The zero-order valence-electron chi connectivity index (χ0n) is 18.3. The Morgan fingerprint density at radius 2 is 1.81 bits per heavy atom. The molecule has 0 atom stereocenters. The van der Waals surface area contributed by atoms with E-state index in [1.54, 1.807) is 12.1 Å². The molecule has 0 unspecified atom stereocenters. The van der Waals surface area contributed by atoms with Crippen LogP contribution in [0.2, 0.25) is 0 Å². The molecule has 0 fully saturated rings. The van der Waals surface area contributed by atoms with E-state index in [2.05, 4.69) is 18.7 Å². The first-order valence-corrected chi connectivity index (χ1v) is 10.7. The van der Waals surface area contributed by atoms with E-state index >= 15 is 0 Å². The van der Waals surface area contributed by atoms with Crippen LogP contribution >= 0.6 is 0 Å². The quantitative estimate of drug-likeness (QED) is 0.0979. The van der Waals surface area contributed by atoms with Gasteiger partial charge in [-0.3, -0.25) is 6.08 Å². The summed E-state index contributed by atoms with van der Waals surface area (Å²) in [5, 5.41) is 0. The molecule has 2 aromatic rings. The second-order valence-corrected chi connectivity index (χ2v) is 7.11. The van der Waals surface area contributed by atoms with Gasteiger partial charge >= 0.3 is 23.0 Å². The summed E-state index contributed by atoms with van der Waals surface area (Å²) in [7, 11) is 0. The van der Waals surface area contributed by atoms with Gasteiger partial charge in [-0.1, -0.05) is 43.5 Å². The van der Waals surface area contributed by atoms with Crippen LogP contribution in [0.4, 0.5) is 0 Å². The minimum absolute atomic E-state index is 0. The van der Waals surface area contributed by atoms with Gasteiger partial charge in [-0.15, -0.1) is 12.5 Å². The van der Waals surface area contributed by atoms with Crippen molar-refractivity contribution >= 4 is 11.9 Å². The van der Waals surface area contributed by atoms with Crippen LogP contribution in [0.15, 0.2) is 79.4 Å². The minimum atomic E-state index is -0.353. The van der Waals surface area contributed by atoms with Gasteiger partial charge in [0.1, 0.15) is 5.75 Å². The summed E-state index contributed by atoms with van der Waals surface area (Å²) in [5.41, 5.74) is 1.80. The molecule has 0 N–H and O–H groups in total. The molecule has 0 heterocycles. The molecule has 0 saturated carbocycles. The van der Waals surface area contributed by atoms with E-state index in [-0.39, 0.29) is 29.0 Å². The first-order valence-electron chi connectivity index (χ1n) is 10.7. The summed E-state index contributed by atoms with van der Waals surface area (Å²) in [4.78, 5) is 22.8. The molecule has 4 nitrogen and oxygen atoms in total. The van der Waals surface area contributed by atoms with Crippen molar-refractivity contribution in [1.82, 2.24) is 0 Å². The first-order chi connectivity index (χ1) is 15.2. The molecule has 0 spiro atoms. The molecule has 32 heavy (non-hydrogen) atoms. The molecule has 3 rings (SSSR count). The summed E-state index contributed by atoms with van der Waals surface area (Å²) < 4.78 is 10.3. The van der Waals surface area contributed by atoms with Crippen LogP contribution in [0.5, 0.6) is 5.75 Å². The average Bonchev–Trinajstić information content (AvgIpc) is 3.53. The molecule has 0 radical (unpaired) electrons. The monoisotopic (exact) mass is 474 g/mol. The molecule has 170 valence electrons. The van der Waals surface area contributed by atoms with Crippen molar-refractivity contribution in [2.24, 2.45) is 0 Å². The number of ether oxygens (including phenoxy) is 2. The SMILES string of the molecule is C=CC(=O)OCCCCCCCc1ccc(OC(=O)c2ccc[cH-]2)cc1.[C-]1=CCC=C1.[Fe+2]. The summed E-state index contributed by atoms with van der Waals surface area (Å²) in [6, 6.07) is 14.8. The van der Waals surface area contributed by atoms with E-state index in [9.17, 15) is 9.59 Å². The van der Waals surface area contributed by atoms with Crippen molar-refractivity contribution in [2.45, 2.75) is 44.9 Å². The minimum Gasteiger partial charge on any atom is -0.467 e. The van der Waals surface area contributed by atoms with E-state index in [1.807, 2.05) is 48.6 Å². The predicted octanol–water partition coefficient (Wildman–Crippen LogP) is 6.15. The Balaban J connectivity index is 0.000000750. The number of esters is 2. The van der Waals surface area contributed by atoms with Crippen molar-refractivity contribution in [2.75, 3.05) is 6.61 Å². The van der Waals surface area contributed by atoms with Gasteiger partial charge in [0.2, 0.25) is 0 Å². The molecule has 5 heteroatoms.